The fraction of sp³-hybridized carbons (Fsp3) is 0.176. The van der Waals surface area contributed by atoms with Crippen molar-refractivity contribution in [2.45, 2.75) is 13.5 Å². The van der Waals surface area contributed by atoms with Gasteiger partial charge in [-0.2, -0.15) is 5.26 Å². The van der Waals surface area contributed by atoms with Gasteiger partial charge >= 0.3 is 0 Å². The largest absolute Gasteiger partial charge is 0.334 e. The second kappa shape index (κ2) is 7.18. The third-order valence-corrected chi connectivity index (χ3v) is 3.48. The number of para-hydroxylation sites is 1. The van der Waals surface area contributed by atoms with Gasteiger partial charge in [0.2, 0.25) is 0 Å². The number of nitriles is 1. The van der Waals surface area contributed by atoms with E-state index in [9.17, 15) is 14.9 Å². The van der Waals surface area contributed by atoms with Crippen molar-refractivity contribution in [1.82, 2.24) is 4.90 Å². The highest BCUT2D eigenvalue weighted by Crippen LogP contribution is 2.20. The summed E-state index contributed by atoms with van der Waals surface area (Å²) in [5.41, 5.74) is 1.41. The van der Waals surface area contributed by atoms with E-state index in [1.807, 2.05) is 13.0 Å². The van der Waals surface area contributed by atoms with Gasteiger partial charge < -0.3 is 4.90 Å². The molecule has 2 rings (SSSR count). The number of hydrogen-bond acceptors (Lipinski definition) is 4. The highest BCUT2D eigenvalue weighted by Gasteiger charge is 2.19. The summed E-state index contributed by atoms with van der Waals surface area (Å²) in [5.74, 6) is -0.227. The normalized spacial score (nSPS) is 9.91. The SMILES string of the molecule is CCN(Cc1ccccc1[N+](=O)[O-])C(=O)c1ccc(C#N)cc1. The molecule has 23 heavy (non-hydrogen) atoms. The predicted octanol–water partition coefficient (Wildman–Crippen LogP) is 3.13. The molecule has 0 atom stereocenters. The summed E-state index contributed by atoms with van der Waals surface area (Å²) in [7, 11) is 0. The Labute approximate surface area is 133 Å². The number of carbonyl (C=O) groups is 1. The zero-order valence-electron chi connectivity index (χ0n) is 12.6. The van der Waals surface area contributed by atoms with E-state index < -0.39 is 4.92 Å². The Morgan fingerprint density at radius 1 is 1.22 bits per heavy atom. The Kier molecular flexibility index (Phi) is 5.05. The Morgan fingerprint density at radius 2 is 1.87 bits per heavy atom. The molecule has 116 valence electrons. The monoisotopic (exact) mass is 309 g/mol. The van der Waals surface area contributed by atoms with Crippen molar-refractivity contribution in [3.63, 3.8) is 0 Å². The maximum Gasteiger partial charge on any atom is 0.274 e. The molecule has 0 aliphatic heterocycles. The lowest BCUT2D eigenvalue weighted by Crippen LogP contribution is -2.30. The minimum absolute atomic E-state index is 0.00132. The van der Waals surface area contributed by atoms with Crippen molar-refractivity contribution in [2.24, 2.45) is 0 Å². The lowest BCUT2D eigenvalue weighted by molar-refractivity contribution is -0.385. The van der Waals surface area contributed by atoms with Crippen LogP contribution in [0, 0.1) is 21.4 Å². The number of nitrogens with zero attached hydrogens (tertiary/aromatic N) is 3. The molecule has 6 heteroatoms. The summed E-state index contributed by atoms with van der Waals surface area (Å²) in [5, 5.41) is 19.9. The first kappa shape index (κ1) is 16.2. The molecule has 0 saturated carbocycles. The first-order valence-electron chi connectivity index (χ1n) is 7.08. The summed E-state index contributed by atoms with van der Waals surface area (Å²) in [6.07, 6.45) is 0. The molecule has 0 aliphatic rings. The standard InChI is InChI=1S/C17H15N3O3/c1-2-19(12-15-5-3-4-6-16(15)20(22)23)17(21)14-9-7-13(11-18)8-10-14/h3-10H,2,12H2,1H3. The number of nitro benzene ring substituents is 1. The van der Waals surface area contributed by atoms with E-state index >= 15 is 0 Å². The quantitative estimate of drug-likeness (QED) is 0.627. The maximum absolute atomic E-state index is 12.5. The van der Waals surface area contributed by atoms with Gasteiger partial charge in [-0.1, -0.05) is 18.2 Å². The lowest BCUT2D eigenvalue weighted by Gasteiger charge is -2.21. The van der Waals surface area contributed by atoms with Crippen LogP contribution in [0.4, 0.5) is 5.69 Å². The first-order valence-corrected chi connectivity index (χ1v) is 7.08. The average molecular weight is 309 g/mol. The Hall–Kier alpha value is -3.20. The van der Waals surface area contributed by atoms with Crippen molar-refractivity contribution in [1.29, 1.82) is 5.26 Å². The molecule has 0 spiro atoms. The Morgan fingerprint density at radius 3 is 2.43 bits per heavy atom. The highest BCUT2D eigenvalue weighted by molar-refractivity contribution is 5.94. The number of hydrogen-bond donors (Lipinski definition) is 0. The second-order valence-corrected chi connectivity index (χ2v) is 4.89. The van der Waals surface area contributed by atoms with E-state index in [2.05, 4.69) is 0 Å². The van der Waals surface area contributed by atoms with Crippen molar-refractivity contribution in [2.75, 3.05) is 6.54 Å². The molecule has 0 N–H and O–H groups in total. The number of rotatable bonds is 5. The van der Waals surface area contributed by atoms with E-state index in [-0.39, 0.29) is 18.1 Å². The molecule has 0 aromatic heterocycles. The third-order valence-electron chi connectivity index (χ3n) is 3.48. The number of benzene rings is 2. The molecule has 0 heterocycles. The average Bonchev–Trinajstić information content (AvgIpc) is 2.59. The van der Waals surface area contributed by atoms with Gasteiger partial charge in [0.1, 0.15) is 0 Å². The van der Waals surface area contributed by atoms with Crippen LogP contribution >= 0.6 is 0 Å². The van der Waals surface area contributed by atoms with Gasteiger partial charge in [0.25, 0.3) is 11.6 Å². The topological polar surface area (TPSA) is 87.2 Å². The van der Waals surface area contributed by atoms with Gasteiger partial charge in [0.05, 0.1) is 23.1 Å². The Bertz CT molecular complexity index is 763. The summed E-state index contributed by atoms with van der Waals surface area (Å²) in [4.78, 5) is 24.7. The van der Waals surface area contributed by atoms with Gasteiger partial charge in [0, 0.05) is 23.7 Å². The summed E-state index contributed by atoms with van der Waals surface area (Å²) in [6, 6.07) is 14.7. The van der Waals surface area contributed by atoms with Crippen LogP contribution in [0.15, 0.2) is 48.5 Å². The molecule has 1 amide bonds. The summed E-state index contributed by atoms with van der Waals surface area (Å²) < 4.78 is 0. The molecule has 2 aromatic carbocycles. The predicted molar refractivity (Wildman–Crippen MR) is 84.7 cm³/mol. The van der Waals surface area contributed by atoms with Crippen LogP contribution in [0.3, 0.4) is 0 Å². The molecule has 0 fully saturated rings. The molecule has 0 aliphatic carbocycles. The van der Waals surface area contributed by atoms with Crippen LogP contribution in [-0.2, 0) is 6.54 Å². The molecule has 0 radical (unpaired) electrons. The number of nitro groups is 1. The fourth-order valence-corrected chi connectivity index (χ4v) is 2.23. The minimum atomic E-state index is -0.449. The van der Waals surface area contributed by atoms with Crippen molar-refractivity contribution in [3.05, 3.63) is 75.3 Å². The van der Waals surface area contributed by atoms with Crippen LogP contribution in [0.1, 0.15) is 28.4 Å². The molecule has 6 nitrogen and oxygen atoms in total. The van der Waals surface area contributed by atoms with E-state index in [1.165, 1.54) is 11.0 Å². The lowest BCUT2D eigenvalue weighted by atomic mass is 10.1. The zero-order valence-corrected chi connectivity index (χ0v) is 12.6. The van der Waals surface area contributed by atoms with Crippen molar-refractivity contribution < 1.29 is 9.72 Å². The van der Waals surface area contributed by atoms with Crippen LogP contribution in [-0.4, -0.2) is 22.3 Å². The van der Waals surface area contributed by atoms with E-state index in [0.29, 0.717) is 23.2 Å². The number of amides is 1. The van der Waals surface area contributed by atoms with Crippen LogP contribution in [0.2, 0.25) is 0 Å². The molecular formula is C17H15N3O3. The van der Waals surface area contributed by atoms with Gasteiger partial charge in [-0.25, -0.2) is 0 Å². The second-order valence-electron chi connectivity index (χ2n) is 4.89. The van der Waals surface area contributed by atoms with E-state index in [4.69, 9.17) is 5.26 Å². The summed E-state index contributed by atoms with van der Waals surface area (Å²) in [6.45, 7) is 2.40. The maximum atomic E-state index is 12.5. The van der Waals surface area contributed by atoms with E-state index in [0.717, 1.165) is 0 Å². The van der Waals surface area contributed by atoms with Crippen molar-refractivity contribution >= 4 is 11.6 Å². The van der Waals surface area contributed by atoms with Crippen molar-refractivity contribution in [3.8, 4) is 6.07 Å². The number of carbonyl (C=O) groups excluding carboxylic acids is 1. The van der Waals surface area contributed by atoms with Crippen LogP contribution < -0.4 is 0 Å². The molecule has 2 aromatic rings. The zero-order chi connectivity index (χ0) is 16.8. The fourth-order valence-electron chi connectivity index (χ4n) is 2.23. The van der Waals surface area contributed by atoms with Gasteiger partial charge in [-0.15, -0.1) is 0 Å². The van der Waals surface area contributed by atoms with Crippen LogP contribution in [0.5, 0.6) is 0 Å². The highest BCUT2D eigenvalue weighted by atomic mass is 16.6. The van der Waals surface area contributed by atoms with Crippen LogP contribution in [0.25, 0.3) is 0 Å². The molecule has 0 saturated heterocycles. The van der Waals surface area contributed by atoms with Gasteiger partial charge in [-0.3, -0.25) is 14.9 Å². The van der Waals surface area contributed by atoms with E-state index in [1.54, 1.807) is 42.5 Å². The molecular weight excluding hydrogens is 294 g/mol. The first-order chi connectivity index (χ1) is 11.1. The molecule has 0 unspecified atom stereocenters. The van der Waals surface area contributed by atoms with Gasteiger partial charge in [0.15, 0.2) is 0 Å². The Balaban J connectivity index is 2.24. The molecule has 0 bridgehead atoms. The summed E-state index contributed by atoms with van der Waals surface area (Å²) >= 11 is 0. The minimum Gasteiger partial charge on any atom is -0.334 e. The third kappa shape index (κ3) is 3.71. The smallest absolute Gasteiger partial charge is 0.274 e. The van der Waals surface area contributed by atoms with Gasteiger partial charge in [-0.05, 0) is 31.2 Å².